The van der Waals surface area contributed by atoms with E-state index < -0.39 is 0 Å². The second-order valence-electron chi connectivity index (χ2n) is 3.90. The van der Waals surface area contributed by atoms with Gasteiger partial charge in [-0.05, 0) is 36.4 Å². The first-order valence-corrected chi connectivity index (χ1v) is 6.04. The van der Waals surface area contributed by atoms with E-state index >= 15 is 0 Å². The summed E-state index contributed by atoms with van der Waals surface area (Å²) < 4.78 is 5.24. The Morgan fingerprint density at radius 1 is 1.33 bits per heavy atom. The fourth-order valence-electron chi connectivity index (χ4n) is 1.94. The predicted octanol–water partition coefficient (Wildman–Crippen LogP) is 3.05. The maximum absolute atomic E-state index is 6.19. The van der Waals surface area contributed by atoms with Crippen molar-refractivity contribution in [3.63, 3.8) is 0 Å². The van der Waals surface area contributed by atoms with Crippen LogP contribution in [0.5, 0.6) is 5.75 Å². The molecule has 1 unspecified atom stereocenters. The number of aromatic nitrogens is 1. The summed E-state index contributed by atoms with van der Waals surface area (Å²) in [6.45, 7) is 0. The number of ether oxygens (including phenoxy) is 1. The molecule has 1 aromatic heterocycles. The molecular formula is C14H15ClN2O. The summed E-state index contributed by atoms with van der Waals surface area (Å²) in [5.41, 5.74) is 2.10. The number of hydrogen-bond donors (Lipinski definition) is 1. The molecule has 0 fully saturated rings. The van der Waals surface area contributed by atoms with Crippen LogP contribution in [0, 0.1) is 0 Å². The standard InChI is InChI=1S/C14H15ClN2O/c1-16-14(12-6-7-17-9-13(12)15)10-4-3-5-11(8-10)18-2/h3-9,14,16H,1-2H3. The quantitative estimate of drug-likeness (QED) is 0.920. The summed E-state index contributed by atoms with van der Waals surface area (Å²) in [4.78, 5) is 4.00. The van der Waals surface area contributed by atoms with Crippen molar-refractivity contribution in [3.05, 3.63) is 58.9 Å². The average molecular weight is 263 g/mol. The topological polar surface area (TPSA) is 34.1 Å². The highest BCUT2D eigenvalue weighted by molar-refractivity contribution is 6.31. The molecule has 1 atom stereocenters. The van der Waals surface area contributed by atoms with Crippen LogP contribution in [0.3, 0.4) is 0 Å². The molecular weight excluding hydrogens is 248 g/mol. The van der Waals surface area contributed by atoms with Crippen molar-refractivity contribution in [2.75, 3.05) is 14.2 Å². The fraction of sp³-hybridized carbons (Fsp3) is 0.214. The number of rotatable bonds is 4. The second-order valence-corrected chi connectivity index (χ2v) is 4.30. The summed E-state index contributed by atoms with van der Waals surface area (Å²) in [5.74, 6) is 0.831. The second kappa shape index (κ2) is 5.85. The van der Waals surface area contributed by atoms with Crippen LogP contribution in [0.4, 0.5) is 0 Å². The van der Waals surface area contributed by atoms with Crippen molar-refractivity contribution in [3.8, 4) is 5.75 Å². The van der Waals surface area contributed by atoms with Gasteiger partial charge in [0, 0.05) is 12.4 Å². The summed E-state index contributed by atoms with van der Waals surface area (Å²) in [7, 11) is 3.56. The molecule has 1 heterocycles. The third kappa shape index (κ3) is 2.63. The monoisotopic (exact) mass is 262 g/mol. The Bertz CT molecular complexity index is 531. The van der Waals surface area contributed by atoms with E-state index in [1.54, 1.807) is 19.5 Å². The van der Waals surface area contributed by atoms with E-state index in [4.69, 9.17) is 16.3 Å². The van der Waals surface area contributed by atoms with E-state index in [-0.39, 0.29) is 6.04 Å². The summed E-state index contributed by atoms with van der Waals surface area (Å²) in [5, 5.41) is 3.91. The number of hydrogen-bond acceptors (Lipinski definition) is 3. The maximum atomic E-state index is 6.19. The lowest BCUT2D eigenvalue weighted by molar-refractivity contribution is 0.414. The third-order valence-corrected chi connectivity index (χ3v) is 3.15. The van der Waals surface area contributed by atoms with Crippen LogP contribution >= 0.6 is 11.6 Å². The van der Waals surface area contributed by atoms with Gasteiger partial charge in [-0.15, -0.1) is 0 Å². The Labute approximate surface area is 112 Å². The summed E-state index contributed by atoms with van der Waals surface area (Å²) in [6, 6.07) is 9.87. The molecule has 3 nitrogen and oxygen atoms in total. The Hall–Kier alpha value is -1.58. The van der Waals surface area contributed by atoms with Crippen molar-refractivity contribution in [1.29, 1.82) is 0 Å². The van der Waals surface area contributed by atoms with Crippen molar-refractivity contribution >= 4 is 11.6 Å². The molecule has 0 radical (unpaired) electrons. The first-order chi connectivity index (χ1) is 8.76. The highest BCUT2D eigenvalue weighted by Crippen LogP contribution is 2.28. The van der Waals surface area contributed by atoms with Crippen LogP contribution in [0.1, 0.15) is 17.2 Å². The minimum Gasteiger partial charge on any atom is -0.497 e. The molecule has 2 rings (SSSR count). The van der Waals surface area contributed by atoms with Crippen molar-refractivity contribution < 1.29 is 4.74 Å². The molecule has 0 aliphatic rings. The normalized spacial score (nSPS) is 12.2. The highest BCUT2D eigenvalue weighted by Gasteiger charge is 2.15. The molecule has 1 N–H and O–H groups in total. The summed E-state index contributed by atoms with van der Waals surface area (Å²) in [6.07, 6.45) is 3.40. The van der Waals surface area contributed by atoms with Gasteiger partial charge < -0.3 is 10.1 Å². The lowest BCUT2D eigenvalue weighted by atomic mass is 9.99. The van der Waals surface area contributed by atoms with E-state index in [1.165, 1.54) is 0 Å². The first-order valence-electron chi connectivity index (χ1n) is 5.67. The van der Waals surface area contributed by atoms with Gasteiger partial charge in [0.05, 0.1) is 18.2 Å². The van der Waals surface area contributed by atoms with Gasteiger partial charge in [-0.3, -0.25) is 4.98 Å². The minimum atomic E-state index is 0.0237. The van der Waals surface area contributed by atoms with Crippen LogP contribution in [-0.2, 0) is 0 Å². The number of nitrogens with one attached hydrogen (secondary N) is 1. The van der Waals surface area contributed by atoms with Gasteiger partial charge in [0.2, 0.25) is 0 Å². The maximum Gasteiger partial charge on any atom is 0.119 e. The van der Waals surface area contributed by atoms with E-state index in [0.29, 0.717) is 5.02 Å². The predicted molar refractivity (Wildman–Crippen MR) is 73.1 cm³/mol. The molecule has 0 aliphatic carbocycles. The Balaban J connectivity index is 2.42. The fourth-order valence-corrected chi connectivity index (χ4v) is 2.17. The summed E-state index contributed by atoms with van der Waals surface area (Å²) >= 11 is 6.19. The zero-order chi connectivity index (χ0) is 13.0. The largest absolute Gasteiger partial charge is 0.497 e. The van der Waals surface area contributed by atoms with E-state index in [0.717, 1.165) is 16.9 Å². The zero-order valence-corrected chi connectivity index (χ0v) is 11.1. The Kier molecular flexibility index (Phi) is 4.18. The molecule has 2 aromatic rings. The van der Waals surface area contributed by atoms with Gasteiger partial charge in [0.15, 0.2) is 0 Å². The van der Waals surface area contributed by atoms with Crippen LogP contribution in [0.25, 0.3) is 0 Å². The number of halogens is 1. The number of benzene rings is 1. The van der Waals surface area contributed by atoms with Crippen LogP contribution < -0.4 is 10.1 Å². The molecule has 0 bridgehead atoms. The van der Waals surface area contributed by atoms with Gasteiger partial charge in [-0.1, -0.05) is 23.7 Å². The van der Waals surface area contributed by atoms with Gasteiger partial charge in [0.25, 0.3) is 0 Å². The van der Waals surface area contributed by atoms with Gasteiger partial charge in [0.1, 0.15) is 5.75 Å². The molecule has 0 aliphatic heterocycles. The van der Waals surface area contributed by atoms with Crippen molar-refractivity contribution in [2.45, 2.75) is 6.04 Å². The van der Waals surface area contributed by atoms with E-state index in [2.05, 4.69) is 10.3 Å². The zero-order valence-electron chi connectivity index (χ0n) is 10.4. The molecule has 94 valence electrons. The molecule has 0 amide bonds. The molecule has 4 heteroatoms. The SMILES string of the molecule is CNC(c1cccc(OC)c1)c1ccncc1Cl. The number of methoxy groups -OCH3 is 1. The van der Waals surface area contributed by atoms with E-state index in [1.807, 2.05) is 37.4 Å². The average Bonchev–Trinajstić information content (AvgIpc) is 2.42. The van der Waals surface area contributed by atoms with Gasteiger partial charge in [-0.25, -0.2) is 0 Å². The highest BCUT2D eigenvalue weighted by atomic mass is 35.5. The Morgan fingerprint density at radius 2 is 2.17 bits per heavy atom. The molecule has 18 heavy (non-hydrogen) atoms. The number of nitrogens with zero attached hydrogens (tertiary/aromatic N) is 1. The third-order valence-electron chi connectivity index (χ3n) is 2.83. The van der Waals surface area contributed by atoms with Crippen LogP contribution in [-0.4, -0.2) is 19.1 Å². The van der Waals surface area contributed by atoms with Crippen molar-refractivity contribution in [2.24, 2.45) is 0 Å². The van der Waals surface area contributed by atoms with Crippen LogP contribution in [0.2, 0.25) is 5.02 Å². The van der Waals surface area contributed by atoms with E-state index in [9.17, 15) is 0 Å². The van der Waals surface area contributed by atoms with Crippen LogP contribution in [0.15, 0.2) is 42.7 Å². The Morgan fingerprint density at radius 3 is 2.83 bits per heavy atom. The molecule has 0 spiro atoms. The molecule has 0 saturated carbocycles. The smallest absolute Gasteiger partial charge is 0.119 e. The van der Waals surface area contributed by atoms with Crippen molar-refractivity contribution in [1.82, 2.24) is 10.3 Å². The minimum absolute atomic E-state index is 0.0237. The number of pyridine rings is 1. The first kappa shape index (κ1) is 12.9. The molecule has 1 aromatic carbocycles. The lowest BCUT2D eigenvalue weighted by Gasteiger charge is -2.18. The lowest BCUT2D eigenvalue weighted by Crippen LogP contribution is -2.18. The van der Waals surface area contributed by atoms with Gasteiger partial charge in [-0.2, -0.15) is 0 Å². The van der Waals surface area contributed by atoms with Gasteiger partial charge >= 0.3 is 0 Å². The molecule has 0 saturated heterocycles.